The van der Waals surface area contributed by atoms with Crippen molar-refractivity contribution in [2.24, 2.45) is 0 Å². The van der Waals surface area contributed by atoms with Gasteiger partial charge in [0.1, 0.15) is 0 Å². The molecule has 0 amide bonds. The van der Waals surface area contributed by atoms with Crippen molar-refractivity contribution in [1.29, 1.82) is 0 Å². The molecular formula is C12H16N4. The van der Waals surface area contributed by atoms with E-state index in [1.807, 2.05) is 32.7 Å². The minimum atomic E-state index is 0.827. The second-order valence-electron chi connectivity index (χ2n) is 3.87. The fourth-order valence-corrected chi connectivity index (χ4v) is 1.67. The number of hydrogen-bond acceptors (Lipinski definition) is 3. The zero-order valence-corrected chi connectivity index (χ0v) is 9.86. The average Bonchev–Trinajstić information content (AvgIpc) is 2.61. The fraction of sp³-hybridized carbons (Fsp3) is 0.333. The Morgan fingerprint density at radius 3 is 2.75 bits per heavy atom. The number of aromatic nitrogens is 3. The van der Waals surface area contributed by atoms with Crippen molar-refractivity contribution in [3.8, 4) is 5.69 Å². The lowest BCUT2D eigenvalue weighted by Crippen LogP contribution is -2.06. The second kappa shape index (κ2) is 4.45. The van der Waals surface area contributed by atoms with Crippen LogP contribution in [0.5, 0.6) is 0 Å². The number of nitrogens with zero attached hydrogens (tertiary/aromatic N) is 3. The van der Waals surface area contributed by atoms with Crippen LogP contribution < -0.4 is 5.32 Å². The van der Waals surface area contributed by atoms with E-state index < -0.39 is 0 Å². The Bertz CT molecular complexity index is 488. The SMILES string of the molecule is CNCc1cncc(-n2cnc(C)c2C)c1. The molecule has 0 aromatic carbocycles. The molecule has 0 radical (unpaired) electrons. The molecule has 0 aliphatic rings. The second-order valence-corrected chi connectivity index (χ2v) is 3.87. The highest BCUT2D eigenvalue weighted by Crippen LogP contribution is 2.13. The van der Waals surface area contributed by atoms with E-state index in [1.165, 1.54) is 5.56 Å². The summed E-state index contributed by atoms with van der Waals surface area (Å²) < 4.78 is 2.06. The summed E-state index contributed by atoms with van der Waals surface area (Å²) in [5.74, 6) is 0. The summed E-state index contributed by atoms with van der Waals surface area (Å²) in [4.78, 5) is 8.53. The van der Waals surface area contributed by atoms with E-state index in [-0.39, 0.29) is 0 Å². The molecule has 4 heteroatoms. The lowest BCUT2D eigenvalue weighted by atomic mass is 10.2. The minimum Gasteiger partial charge on any atom is -0.316 e. The zero-order chi connectivity index (χ0) is 11.5. The van der Waals surface area contributed by atoms with Gasteiger partial charge in [-0.3, -0.25) is 4.98 Å². The molecule has 2 aromatic heterocycles. The summed E-state index contributed by atoms with van der Waals surface area (Å²) >= 11 is 0. The van der Waals surface area contributed by atoms with Gasteiger partial charge in [-0.15, -0.1) is 0 Å². The molecule has 2 heterocycles. The first-order valence-corrected chi connectivity index (χ1v) is 5.32. The number of aryl methyl sites for hydroxylation is 1. The van der Waals surface area contributed by atoms with Gasteiger partial charge in [-0.1, -0.05) is 0 Å². The van der Waals surface area contributed by atoms with Crippen LogP contribution in [0.25, 0.3) is 5.69 Å². The maximum atomic E-state index is 4.29. The highest BCUT2D eigenvalue weighted by molar-refractivity contribution is 5.35. The molecule has 2 rings (SSSR count). The summed E-state index contributed by atoms with van der Waals surface area (Å²) in [6, 6.07) is 2.12. The molecule has 2 aromatic rings. The van der Waals surface area contributed by atoms with Crippen LogP contribution in [0.2, 0.25) is 0 Å². The number of imidazole rings is 1. The van der Waals surface area contributed by atoms with Crippen LogP contribution in [0.3, 0.4) is 0 Å². The van der Waals surface area contributed by atoms with Gasteiger partial charge in [0.05, 0.1) is 23.9 Å². The Morgan fingerprint density at radius 1 is 1.31 bits per heavy atom. The highest BCUT2D eigenvalue weighted by Gasteiger charge is 2.04. The van der Waals surface area contributed by atoms with Crippen molar-refractivity contribution < 1.29 is 0 Å². The topological polar surface area (TPSA) is 42.7 Å². The average molecular weight is 216 g/mol. The fourth-order valence-electron chi connectivity index (χ4n) is 1.67. The molecule has 0 bridgehead atoms. The molecule has 0 saturated carbocycles. The Hall–Kier alpha value is -1.68. The van der Waals surface area contributed by atoms with Crippen molar-refractivity contribution in [2.75, 3.05) is 7.05 Å². The predicted molar refractivity (Wildman–Crippen MR) is 63.6 cm³/mol. The predicted octanol–water partition coefficient (Wildman–Crippen LogP) is 1.60. The van der Waals surface area contributed by atoms with E-state index in [0.717, 1.165) is 23.6 Å². The number of pyridine rings is 1. The third-order valence-electron chi connectivity index (χ3n) is 2.69. The van der Waals surface area contributed by atoms with Crippen LogP contribution in [0.4, 0.5) is 0 Å². The smallest absolute Gasteiger partial charge is 0.0997 e. The molecule has 0 fully saturated rings. The van der Waals surface area contributed by atoms with Crippen molar-refractivity contribution >= 4 is 0 Å². The quantitative estimate of drug-likeness (QED) is 0.847. The summed E-state index contributed by atoms with van der Waals surface area (Å²) in [5.41, 5.74) is 4.44. The van der Waals surface area contributed by atoms with E-state index >= 15 is 0 Å². The maximum absolute atomic E-state index is 4.29. The summed E-state index contributed by atoms with van der Waals surface area (Å²) in [5, 5.41) is 3.12. The monoisotopic (exact) mass is 216 g/mol. The van der Waals surface area contributed by atoms with Crippen LogP contribution in [0.15, 0.2) is 24.8 Å². The highest BCUT2D eigenvalue weighted by atomic mass is 15.1. The van der Waals surface area contributed by atoms with Gasteiger partial charge in [0.25, 0.3) is 0 Å². The summed E-state index contributed by atoms with van der Waals surface area (Å²) in [7, 11) is 1.93. The van der Waals surface area contributed by atoms with Gasteiger partial charge < -0.3 is 9.88 Å². The lowest BCUT2D eigenvalue weighted by molar-refractivity contribution is 0.810. The molecule has 84 valence electrons. The van der Waals surface area contributed by atoms with Crippen molar-refractivity contribution in [3.63, 3.8) is 0 Å². The molecule has 0 aliphatic carbocycles. The molecule has 0 saturated heterocycles. The summed E-state index contributed by atoms with van der Waals surface area (Å²) in [6.45, 7) is 4.90. The van der Waals surface area contributed by atoms with Gasteiger partial charge in [0.2, 0.25) is 0 Å². The van der Waals surface area contributed by atoms with E-state index in [9.17, 15) is 0 Å². The zero-order valence-electron chi connectivity index (χ0n) is 9.86. The van der Waals surface area contributed by atoms with Gasteiger partial charge >= 0.3 is 0 Å². The van der Waals surface area contributed by atoms with Crippen LogP contribution in [0.1, 0.15) is 17.0 Å². The first-order valence-electron chi connectivity index (χ1n) is 5.32. The molecular weight excluding hydrogens is 200 g/mol. The molecule has 1 N–H and O–H groups in total. The Labute approximate surface area is 95.4 Å². The van der Waals surface area contributed by atoms with E-state index in [0.29, 0.717) is 0 Å². The van der Waals surface area contributed by atoms with Gasteiger partial charge in [-0.25, -0.2) is 4.98 Å². The minimum absolute atomic E-state index is 0.827. The third kappa shape index (κ3) is 1.97. The van der Waals surface area contributed by atoms with E-state index in [2.05, 4.69) is 32.8 Å². The van der Waals surface area contributed by atoms with Gasteiger partial charge in [-0.2, -0.15) is 0 Å². The molecule has 0 unspecified atom stereocenters. The Kier molecular flexibility index (Phi) is 3.01. The van der Waals surface area contributed by atoms with Gasteiger partial charge in [0, 0.05) is 18.4 Å². The molecule has 16 heavy (non-hydrogen) atoms. The molecule has 0 atom stereocenters. The van der Waals surface area contributed by atoms with Crippen LogP contribution in [-0.4, -0.2) is 21.6 Å². The normalized spacial score (nSPS) is 10.7. The van der Waals surface area contributed by atoms with Gasteiger partial charge in [0.15, 0.2) is 0 Å². The Morgan fingerprint density at radius 2 is 2.12 bits per heavy atom. The van der Waals surface area contributed by atoms with E-state index in [1.54, 1.807) is 0 Å². The van der Waals surface area contributed by atoms with Crippen LogP contribution in [-0.2, 0) is 6.54 Å². The first-order chi connectivity index (χ1) is 7.72. The standard InChI is InChI=1S/C12H16N4/c1-9-10(2)16(8-15-9)12-4-11(5-13-3)6-14-7-12/h4,6-8,13H,5H2,1-3H3. The van der Waals surface area contributed by atoms with Gasteiger partial charge in [-0.05, 0) is 32.5 Å². The number of hydrogen-bond donors (Lipinski definition) is 1. The number of rotatable bonds is 3. The summed E-state index contributed by atoms with van der Waals surface area (Å²) in [6.07, 6.45) is 5.57. The van der Waals surface area contributed by atoms with Crippen LogP contribution >= 0.6 is 0 Å². The van der Waals surface area contributed by atoms with Crippen LogP contribution in [0, 0.1) is 13.8 Å². The van der Waals surface area contributed by atoms with E-state index in [4.69, 9.17) is 0 Å². The largest absolute Gasteiger partial charge is 0.316 e. The molecule has 0 aliphatic heterocycles. The Balaban J connectivity index is 2.40. The van der Waals surface area contributed by atoms with Crippen molar-refractivity contribution in [3.05, 3.63) is 41.7 Å². The molecule has 4 nitrogen and oxygen atoms in total. The van der Waals surface area contributed by atoms with Crippen molar-refractivity contribution in [1.82, 2.24) is 19.9 Å². The van der Waals surface area contributed by atoms with Crippen molar-refractivity contribution in [2.45, 2.75) is 20.4 Å². The first kappa shape index (κ1) is 10.8. The molecule has 0 spiro atoms. The maximum Gasteiger partial charge on any atom is 0.0997 e. The third-order valence-corrected chi connectivity index (χ3v) is 2.69. The lowest BCUT2D eigenvalue weighted by Gasteiger charge is -2.07. The number of nitrogens with one attached hydrogen (secondary N) is 1.